The van der Waals surface area contributed by atoms with Crippen LogP contribution in [-0.2, 0) is 0 Å². The van der Waals surface area contributed by atoms with Gasteiger partial charge in [0.15, 0.2) is 0 Å². The molecule has 0 aliphatic carbocycles. The van der Waals surface area contributed by atoms with Gasteiger partial charge in [-0.2, -0.15) is 15.3 Å². The molecule has 0 unspecified atom stereocenters. The third-order valence-electron chi connectivity index (χ3n) is 5.45. The molecule has 0 bridgehead atoms. The van der Waals surface area contributed by atoms with Gasteiger partial charge in [0.05, 0.1) is 31.9 Å². The predicted octanol–water partition coefficient (Wildman–Crippen LogP) is 4.52. The van der Waals surface area contributed by atoms with E-state index in [2.05, 4.69) is 31.3 Å². The van der Waals surface area contributed by atoms with Gasteiger partial charge >= 0.3 is 0 Å². The fourth-order valence-electron chi connectivity index (χ4n) is 3.13. The van der Waals surface area contributed by atoms with Crippen molar-refractivity contribution in [2.75, 3.05) is 0 Å². The van der Waals surface area contributed by atoms with E-state index in [1.807, 2.05) is 0 Å². The molecule has 15 heteroatoms. The van der Waals surface area contributed by atoms with E-state index >= 15 is 0 Å². The highest BCUT2D eigenvalue weighted by Crippen LogP contribution is 2.14. The largest absolute Gasteiger partial charge is 0.269 e. The van der Waals surface area contributed by atoms with Gasteiger partial charge in [-0.15, -0.1) is 5.10 Å². The molecular weight excluding hydrogens is 522 g/mol. The Morgan fingerprint density at radius 2 is 0.825 bits per heavy atom. The number of rotatable bonds is 9. The third kappa shape index (κ3) is 7.82. The van der Waals surface area contributed by atoms with Crippen molar-refractivity contribution in [1.29, 1.82) is 0 Å². The highest BCUT2D eigenvalue weighted by molar-refractivity contribution is 6.01. The summed E-state index contributed by atoms with van der Waals surface area (Å²) >= 11 is 0. The van der Waals surface area contributed by atoms with Gasteiger partial charge in [-0.3, -0.25) is 30.3 Å². The second-order valence-corrected chi connectivity index (χ2v) is 8.16. The zero-order valence-corrected chi connectivity index (χ0v) is 21.5. The van der Waals surface area contributed by atoms with Crippen LogP contribution in [0.25, 0.3) is 0 Å². The Balaban J connectivity index is 1.86. The van der Waals surface area contributed by atoms with Gasteiger partial charge in [-0.05, 0) is 73.9 Å². The number of hydrogen-bond acceptors (Lipinski definition) is 10. The number of nitro benzene ring substituents is 3. The molecule has 3 rings (SSSR count). The lowest BCUT2D eigenvalue weighted by Crippen LogP contribution is -2.32. The minimum atomic E-state index is -0.503. The zero-order valence-electron chi connectivity index (χ0n) is 21.5. The van der Waals surface area contributed by atoms with Crippen molar-refractivity contribution in [3.05, 3.63) is 120 Å². The van der Waals surface area contributed by atoms with Gasteiger partial charge < -0.3 is 0 Å². The van der Waals surface area contributed by atoms with Crippen LogP contribution in [0.15, 0.2) is 93.2 Å². The first-order valence-electron chi connectivity index (χ1n) is 11.5. The molecule has 0 amide bonds. The second kappa shape index (κ2) is 13.1. The summed E-state index contributed by atoms with van der Waals surface area (Å²) in [7, 11) is 0. The SMILES string of the molecule is CC(=NN=C(NN=C(C)c1ccc([N+](=O)[O-])cc1)NN=C(C)c1ccc([N+](=O)[O-])cc1)c1ccc([N+](=O)[O-])cc1. The molecule has 0 heterocycles. The number of hydrazone groups is 2. The average molecular weight is 546 g/mol. The molecule has 0 fully saturated rings. The van der Waals surface area contributed by atoms with E-state index in [-0.39, 0.29) is 23.0 Å². The second-order valence-electron chi connectivity index (χ2n) is 8.16. The van der Waals surface area contributed by atoms with Crippen LogP contribution in [0.4, 0.5) is 17.1 Å². The molecule has 0 aliphatic heterocycles. The Hall–Kier alpha value is -5.86. The Labute approximate surface area is 227 Å². The van der Waals surface area contributed by atoms with E-state index in [1.54, 1.807) is 57.2 Å². The highest BCUT2D eigenvalue weighted by atomic mass is 16.6. The normalized spacial score (nSPS) is 11.9. The lowest BCUT2D eigenvalue weighted by molar-refractivity contribution is -0.385. The maximum Gasteiger partial charge on any atom is 0.269 e. The Kier molecular flexibility index (Phi) is 9.39. The van der Waals surface area contributed by atoms with Crippen LogP contribution in [0, 0.1) is 30.3 Å². The summed E-state index contributed by atoms with van der Waals surface area (Å²) in [5.41, 5.74) is 8.52. The first kappa shape index (κ1) is 28.7. The summed E-state index contributed by atoms with van der Waals surface area (Å²) < 4.78 is 0. The lowest BCUT2D eigenvalue weighted by atomic mass is 10.1. The van der Waals surface area contributed by atoms with Crippen LogP contribution in [-0.4, -0.2) is 37.9 Å². The van der Waals surface area contributed by atoms with Gasteiger partial charge in [0.25, 0.3) is 23.0 Å². The molecule has 2 N–H and O–H groups in total. The van der Waals surface area contributed by atoms with Crippen molar-refractivity contribution in [2.24, 2.45) is 20.4 Å². The topological polar surface area (TPSA) is 203 Å². The molecule has 15 nitrogen and oxygen atoms in total. The maximum atomic E-state index is 10.9. The smallest absolute Gasteiger partial charge is 0.258 e. The van der Waals surface area contributed by atoms with E-state index in [4.69, 9.17) is 0 Å². The van der Waals surface area contributed by atoms with Gasteiger partial charge in [0.1, 0.15) is 0 Å². The molecule has 0 spiro atoms. The zero-order chi connectivity index (χ0) is 29.2. The van der Waals surface area contributed by atoms with Crippen LogP contribution < -0.4 is 10.9 Å². The maximum absolute atomic E-state index is 10.9. The van der Waals surface area contributed by atoms with E-state index in [0.29, 0.717) is 33.8 Å². The summed E-state index contributed by atoms with van der Waals surface area (Å²) in [5.74, 6) is 0.00350. The summed E-state index contributed by atoms with van der Waals surface area (Å²) in [6.07, 6.45) is 0. The number of benzene rings is 3. The van der Waals surface area contributed by atoms with Crippen LogP contribution in [0.3, 0.4) is 0 Å². The first-order chi connectivity index (χ1) is 19.0. The summed E-state index contributed by atoms with van der Waals surface area (Å²) in [4.78, 5) is 31.2. The number of hydrogen-bond donors (Lipinski definition) is 2. The quantitative estimate of drug-likeness (QED) is 0.169. The summed E-state index contributed by atoms with van der Waals surface area (Å²) in [5, 5.41) is 49.5. The third-order valence-corrected chi connectivity index (χ3v) is 5.45. The van der Waals surface area contributed by atoms with Crippen LogP contribution in [0.1, 0.15) is 37.5 Å². The average Bonchev–Trinajstić information content (AvgIpc) is 2.96. The molecule has 0 aliphatic rings. The van der Waals surface area contributed by atoms with E-state index < -0.39 is 14.8 Å². The van der Waals surface area contributed by atoms with E-state index in [1.165, 1.54) is 36.4 Å². The molecule has 0 saturated carbocycles. The summed E-state index contributed by atoms with van der Waals surface area (Å²) in [6, 6.07) is 17.4. The number of non-ortho nitro benzene ring substituents is 3. The number of nitrogens with zero attached hydrogens (tertiary/aromatic N) is 7. The van der Waals surface area contributed by atoms with Crippen molar-refractivity contribution in [1.82, 2.24) is 10.9 Å². The Morgan fingerprint density at radius 3 is 1.12 bits per heavy atom. The fraction of sp³-hybridized carbons (Fsp3) is 0.120. The van der Waals surface area contributed by atoms with Crippen molar-refractivity contribution in [3.63, 3.8) is 0 Å². The molecule has 3 aromatic rings. The molecule has 3 aromatic carbocycles. The molecule has 40 heavy (non-hydrogen) atoms. The van der Waals surface area contributed by atoms with Crippen molar-refractivity contribution < 1.29 is 14.8 Å². The first-order valence-corrected chi connectivity index (χ1v) is 11.5. The molecule has 0 aromatic heterocycles. The molecule has 0 atom stereocenters. The minimum absolute atomic E-state index is 0.00350. The molecular formula is C25H23N9O6. The number of nitro groups is 3. The molecule has 0 radical (unpaired) electrons. The molecule has 0 saturated heterocycles. The number of guanidine groups is 1. The minimum Gasteiger partial charge on any atom is -0.258 e. The fourth-order valence-corrected chi connectivity index (χ4v) is 3.13. The number of nitrogens with one attached hydrogen (secondary N) is 2. The molecule has 204 valence electrons. The highest BCUT2D eigenvalue weighted by Gasteiger charge is 2.09. The van der Waals surface area contributed by atoms with Gasteiger partial charge in [-0.25, -0.2) is 10.9 Å². The summed E-state index contributed by atoms with van der Waals surface area (Å²) in [6.45, 7) is 5.03. The van der Waals surface area contributed by atoms with Gasteiger partial charge in [0.2, 0.25) is 0 Å². The van der Waals surface area contributed by atoms with Crippen molar-refractivity contribution in [2.45, 2.75) is 20.8 Å². The van der Waals surface area contributed by atoms with Gasteiger partial charge in [0, 0.05) is 36.4 Å². The van der Waals surface area contributed by atoms with Crippen LogP contribution in [0.5, 0.6) is 0 Å². The van der Waals surface area contributed by atoms with Gasteiger partial charge in [-0.1, -0.05) is 0 Å². The van der Waals surface area contributed by atoms with E-state index in [0.717, 1.165) is 0 Å². The van der Waals surface area contributed by atoms with Crippen LogP contribution in [0.2, 0.25) is 0 Å². The Bertz CT molecular complexity index is 1450. The van der Waals surface area contributed by atoms with Crippen molar-refractivity contribution in [3.8, 4) is 0 Å². The monoisotopic (exact) mass is 545 g/mol. The predicted molar refractivity (Wildman–Crippen MR) is 150 cm³/mol. The van der Waals surface area contributed by atoms with E-state index in [9.17, 15) is 30.3 Å². The standard InChI is InChI=1S/C25H23N9O6/c1-16(19-4-10-22(11-5-19)32(35)36)26-29-25(30-27-17(2)20-6-12-23(13-7-20)33(37)38)31-28-18(3)21-8-14-24(15-9-21)34(39)40/h4-15H,1-3H3,(H2,29,30,31). The van der Waals surface area contributed by atoms with Crippen LogP contribution >= 0.6 is 0 Å². The lowest BCUT2D eigenvalue weighted by Gasteiger charge is -2.07. The van der Waals surface area contributed by atoms with Crippen molar-refractivity contribution >= 4 is 40.2 Å². The Morgan fingerprint density at radius 1 is 0.525 bits per heavy atom.